The van der Waals surface area contributed by atoms with Crippen LogP contribution in [0.4, 0.5) is 0 Å². The fourth-order valence-electron chi connectivity index (χ4n) is 2.79. The fraction of sp³-hybridized carbons (Fsp3) is 0.368. The van der Waals surface area contributed by atoms with Gasteiger partial charge in [-0.2, -0.15) is 0 Å². The summed E-state index contributed by atoms with van der Waals surface area (Å²) in [5.41, 5.74) is -5.30. The predicted molar refractivity (Wildman–Crippen MR) is 103 cm³/mol. The van der Waals surface area contributed by atoms with Gasteiger partial charge in [0.15, 0.2) is 0 Å². The van der Waals surface area contributed by atoms with Crippen molar-refractivity contribution in [1.82, 2.24) is 0 Å². The van der Waals surface area contributed by atoms with Crippen LogP contribution < -0.4 is 0 Å². The molecule has 0 aromatic carbocycles. The maximum atomic E-state index is 12.7. The Morgan fingerprint density at radius 3 is 0.906 bits per heavy atom. The zero-order chi connectivity index (χ0) is 24.7. The molecule has 32 heavy (non-hydrogen) atoms. The Kier molecular flexibility index (Phi) is 9.14. The molecule has 1 aliphatic carbocycles. The van der Waals surface area contributed by atoms with E-state index in [0.29, 0.717) is 0 Å². The van der Waals surface area contributed by atoms with Gasteiger partial charge in [0.2, 0.25) is 0 Å². The number of carbonyl (C=O) groups is 6. The van der Waals surface area contributed by atoms with Crippen molar-refractivity contribution in [2.24, 2.45) is 0 Å². The first kappa shape index (κ1) is 26.4. The minimum Gasteiger partial charge on any atom is -0.466 e. The van der Waals surface area contributed by atoms with Crippen molar-refractivity contribution in [3.05, 3.63) is 33.4 Å². The van der Waals surface area contributed by atoms with Gasteiger partial charge in [-0.05, 0) is 0 Å². The molecule has 0 saturated heterocycles. The quantitative estimate of drug-likeness (QED) is 0.277. The molecule has 13 heteroatoms. The summed E-state index contributed by atoms with van der Waals surface area (Å²) in [5.74, 6) is -8.00. The molecule has 0 aromatic rings. The maximum absolute atomic E-state index is 12.7. The molecular formula is C19H19ClO12. The molecule has 1 aliphatic rings. The van der Waals surface area contributed by atoms with Gasteiger partial charge in [-0.25, -0.2) is 28.8 Å². The number of esters is 6. The van der Waals surface area contributed by atoms with Gasteiger partial charge < -0.3 is 28.4 Å². The van der Waals surface area contributed by atoms with Gasteiger partial charge in [0.05, 0.1) is 81.5 Å². The first-order valence-electron chi connectivity index (χ1n) is 8.44. The van der Waals surface area contributed by atoms with Crippen molar-refractivity contribution in [3.8, 4) is 0 Å². The Labute approximate surface area is 186 Å². The fourth-order valence-corrected chi connectivity index (χ4v) is 3.19. The van der Waals surface area contributed by atoms with Crippen LogP contribution in [-0.2, 0) is 57.2 Å². The van der Waals surface area contributed by atoms with Gasteiger partial charge in [0, 0.05) is 0 Å². The van der Waals surface area contributed by atoms with Crippen LogP contribution in [0.25, 0.3) is 0 Å². The molecule has 0 fully saturated rings. The van der Waals surface area contributed by atoms with E-state index >= 15 is 0 Å². The standard InChI is InChI=1S/C19H19ClO12/c1-27-14(21)7-8(15(22)28-2)10(17(24)30-4)12(19(26)32-6)13(20)11(18(25)31-5)9(7)16(23)29-3/h13H,1-6H3. The number of ether oxygens (including phenoxy) is 6. The molecule has 0 unspecified atom stereocenters. The Balaban J connectivity index is 4.58. The zero-order valence-corrected chi connectivity index (χ0v) is 18.6. The van der Waals surface area contributed by atoms with E-state index in [-0.39, 0.29) is 0 Å². The van der Waals surface area contributed by atoms with Gasteiger partial charge >= 0.3 is 35.8 Å². The van der Waals surface area contributed by atoms with Crippen LogP contribution in [0.2, 0.25) is 0 Å². The highest BCUT2D eigenvalue weighted by Gasteiger charge is 2.47. The molecule has 0 amide bonds. The van der Waals surface area contributed by atoms with Gasteiger partial charge in [-0.15, -0.1) is 11.6 Å². The second kappa shape index (κ2) is 11.1. The van der Waals surface area contributed by atoms with Crippen LogP contribution in [0.15, 0.2) is 33.4 Å². The van der Waals surface area contributed by atoms with E-state index in [4.69, 9.17) is 11.6 Å². The molecule has 0 aliphatic heterocycles. The Bertz CT molecular complexity index is 893. The minimum atomic E-state index is -1.94. The molecule has 0 heterocycles. The summed E-state index contributed by atoms with van der Waals surface area (Å²) < 4.78 is 27.8. The summed E-state index contributed by atoms with van der Waals surface area (Å²) >= 11 is 6.35. The number of hydrogen-bond donors (Lipinski definition) is 0. The monoisotopic (exact) mass is 474 g/mol. The Hall–Kier alpha value is -3.67. The normalized spacial score (nSPS) is 14.3. The van der Waals surface area contributed by atoms with E-state index in [2.05, 4.69) is 28.4 Å². The lowest BCUT2D eigenvalue weighted by Crippen LogP contribution is -2.28. The van der Waals surface area contributed by atoms with E-state index in [1.165, 1.54) is 0 Å². The Morgan fingerprint density at radius 2 is 0.688 bits per heavy atom. The highest BCUT2D eigenvalue weighted by Crippen LogP contribution is 2.39. The van der Waals surface area contributed by atoms with Crippen LogP contribution in [0.1, 0.15) is 0 Å². The average molecular weight is 475 g/mol. The lowest BCUT2D eigenvalue weighted by Gasteiger charge is -2.17. The predicted octanol–water partition coefficient (Wildman–Crippen LogP) is -0.465. The highest BCUT2D eigenvalue weighted by molar-refractivity contribution is 6.34. The largest absolute Gasteiger partial charge is 0.466 e. The number of carbonyl (C=O) groups excluding carboxylic acids is 6. The van der Waals surface area contributed by atoms with Crippen LogP contribution in [0.5, 0.6) is 0 Å². The van der Waals surface area contributed by atoms with Crippen molar-refractivity contribution in [2.45, 2.75) is 5.38 Å². The first-order valence-corrected chi connectivity index (χ1v) is 8.88. The van der Waals surface area contributed by atoms with Gasteiger partial charge in [0.25, 0.3) is 0 Å². The number of methoxy groups -OCH3 is 6. The number of hydrogen-bond acceptors (Lipinski definition) is 12. The van der Waals surface area contributed by atoms with E-state index in [1.54, 1.807) is 0 Å². The van der Waals surface area contributed by atoms with E-state index in [9.17, 15) is 28.8 Å². The third-order valence-corrected chi connectivity index (χ3v) is 4.60. The van der Waals surface area contributed by atoms with Crippen molar-refractivity contribution >= 4 is 47.4 Å². The van der Waals surface area contributed by atoms with Crippen LogP contribution in [0.3, 0.4) is 0 Å². The molecule has 0 saturated carbocycles. The van der Waals surface area contributed by atoms with Gasteiger partial charge in [-0.1, -0.05) is 0 Å². The maximum Gasteiger partial charge on any atom is 0.339 e. The lowest BCUT2D eigenvalue weighted by molar-refractivity contribution is -0.142. The van der Waals surface area contributed by atoms with E-state index in [1.807, 2.05) is 0 Å². The summed E-state index contributed by atoms with van der Waals surface area (Å²) in [5, 5.41) is -1.94. The summed E-state index contributed by atoms with van der Waals surface area (Å²) in [4.78, 5) is 76.1. The summed E-state index contributed by atoms with van der Waals surface area (Å²) in [6, 6.07) is 0. The van der Waals surface area contributed by atoms with Crippen LogP contribution >= 0.6 is 11.6 Å². The van der Waals surface area contributed by atoms with Crippen molar-refractivity contribution < 1.29 is 57.2 Å². The molecule has 0 atom stereocenters. The summed E-state index contributed by atoms with van der Waals surface area (Å²) in [6.07, 6.45) is 0. The first-order chi connectivity index (χ1) is 15.1. The number of alkyl halides is 1. The van der Waals surface area contributed by atoms with Gasteiger partial charge in [-0.3, -0.25) is 0 Å². The van der Waals surface area contributed by atoms with Crippen LogP contribution in [-0.4, -0.2) is 83.9 Å². The van der Waals surface area contributed by atoms with Crippen LogP contribution in [0, 0.1) is 0 Å². The molecular weight excluding hydrogens is 456 g/mol. The summed E-state index contributed by atoms with van der Waals surface area (Å²) in [6.45, 7) is 0. The van der Waals surface area contributed by atoms with E-state index in [0.717, 1.165) is 42.7 Å². The topological polar surface area (TPSA) is 158 Å². The molecule has 0 radical (unpaired) electrons. The third kappa shape index (κ3) is 4.64. The second-order valence-electron chi connectivity index (χ2n) is 5.64. The van der Waals surface area contributed by atoms with Crippen molar-refractivity contribution in [3.63, 3.8) is 0 Å². The molecule has 174 valence electrons. The highest BCUT2D eigenvalue weighted by atomic mass is 35.5. The Morgan fingerprint density at radius 1 is 0.469 bits per heavy atom. The molecule has 1 rings (SSSR count). The molecule has 12 nitrogen and oxygen atoms in total. The number of halogens is 1. The summed E-state index contributed by atoms with van der Waals surface area (Å²) in [7, 11) is 5.43. The molecule has 0 spiro atoms. The van der Waals surface area contributed by atoms with Crippen molar-refractivity contribution in [1.29, 1.82) is 0 Å². The molecule has 0 bridgehead atoms. The zero-order valence-electron chi connectivity index (χ0n) is 17.9. The third-order valence-electron chi connectivity index (χ3n) is 4.16. The smallest absolute Gasteiger partial charge is 0.339 e. The number of rotatable bonds is 6. The molecule has 0 aromatic heterocycles. The van der Waals surface area contributed by atoms with E-state index < -0.39 is 74.6 Å². The lowest BCUT2D eigenvalue weighted by atomic mass is 9.93. The second-order valence-corrected chi connectivity index (χ2v) is 6.08. The minimum absolute atomic E-state index is 0.804. The molecule has 0 N–H and O–H groups in total. The average Bonchev–Trinajstić information content (AvgIpc) is 2.93. The SMILES string of the molecule is COC(=O)C1=C(C(=O)OC)C(C(=O)OC)=C(C(=O)OC)C(Cl)C(C(=O)OC)=C1C(=O)OC. The van der Waals surface area contributed by atoms with Gasteiger partial charge in [0.1, 0.15) is 0 Å². The van der Waals surface area contributed by atoms with Crippen molar-refractivity contribution in [2.75, 3.05) is 42.7 Å².